The average molecular weight is 521 g/mol. The van der Waals surface area contributed by atoms with Crippen molar-refractivity contribution in [2.75, 3.05) is 12.4 Å². The van der Waals surface area contributed by atoms with Gasteiger partial charge in [0.15, 0.2) is 0 Å². The van der Waals surface area contributed by atoms with Crippen LogP contribution in [0, 0.1) is 0 Å². The van der Waals surface area contributed by atoms with Crippen LogP contribution in [-0.4, -0.2) is 27.5 Å². The average Bonchev–Trinajstić information content (AvgIpc) is 2.81. The zero-order valence-corrected chi connectivity index (χ0v) is 21.3. The van der Waals surface area contributed by atoms with Gasteiger partial charge in [-0.2, -0.15) is 4.72 Å². The molecule has 0 radical (unpaired) electrons. The first kappa shape index (κ1) is 26.0. The minimum absolute atomic E-state index is 0.0263. The van der Waals surface area contributed by atoms with E-state index in [4.69, 9.17) is 27.9 Å². The van der Waals surface area contributed by atoms with Crippen molar-refractivity contribution in [3.05, 3.63) is 87.9 Å². The first-order chi connectivity index (χ1) is 16.1. The maximum absolute atomic E-state index is 13.4. The number of carbonyl (C=O) groups excluding carboxylic acids is 1. The number of methoxy groups -OCH3 is 1. The molecule has 0 bridgehead atoms. The second-order valence-electron chi connectivity index (χ2n) is 8.05. The summed E-state index contributed by atoms with van der Waals surface area (Å²) in [5.74, 6) is -0.233. The van der Waals surface area contributed by atoms with Crippen LogP contribution in [0.1, 0.15) is 30.9 Å². The largest absolute Gasteiger partial charge is 0.495 e. The number of anilines is 1. The van der Waals surface area contributed by atoms with Gasteiger partial charge in [0, 0.05) is 5.69 Å². The molecular weight excluding hydrogens is 495 g/mol. The molecule has 1 atom stereocenters. The summed E-state index contributed by atoms with van der Waals surface area (Å²) in [4.78, 5) is 13.2. The summed E-state index contributed by atoms with van der Waals surface area (Å²) in [6.07, 6.45) is 0.138. The molecule has 180 valence electrons. The summed E-state index contributed by atoms with van der Waals surface area (Å²) in [7, 11) is -2.71. The van der Waals surface area contributed by atoms with Crippen LogP contribution in [0.25, 0.3) is 0 Å². The van der Waals surface area contributed by atoms with E-state index in [1.807, 2.05) is 50.2 Å². The Morgan fingerprint density at radius 3 is 2.29 bits per heavy atom. The quantitative estimate of drug-likeness (QED) is 0.381. The van der Waals surface area contributed by atoms with Crippen molar-refractivity contribution in [3.63, 3.8) is 0 Å². The third kappa shape index (κ3) is 6.51. The first-order valence-electron chi connectivity index (χ1n) is 10.6. The number of sulfonamides is 1. The summed E-state index contributed by atoms with van der Waals surface area (Å²) in [5, 5.41) is 3.34. The Morgan fingerprint density at radius 2 is 1.68 bits per heavy atom. The van der Waals surface area contributed by atoms with E-state index in [2.05, 4.69) is 10.0 Å². The molecule has 3 aromatic rings. The molecule has 3 aromatic carbocycles. The van der Waals surface area contributed by atoms with Gasteiger partial charge in [0.05, 0.1) is 17.2 Å². The number of halogens is 2. The Balaban J connectivity index is 1.95. The number of carbonyl (C=O) groups is 1. The van der Waals surface area contributed by atoms with Crippen LogP contribution in [0.5, 0.6) is 5.75 Å². The monoisotopic (exact) mass is 520 g/mol. The number of benzene rings is 3. The lowest BCUT2D eigenvalue weighted by atomic mass is 10.0. The summed E-state index contributed by atoms with van der Waals surface area (Å²) < 4.78 is 34.7. The molecular formula is C25H26Cl2N2O4S. The van der Waals surface area contributed by atoms with Gasteiger partial charge in [0.25, 0.3) is 0 Å². The normalized spacial score (nSPS) is 12.4. The first-order valence-corrected chi connectivity index (χ1v) is 12.8. The fraction of sp³-hybridized carbons (Fsp3) is 0.240. The molecule has 0 saturated carbocycles. The lowest BCUT2D eigenvalue weighted by Crippen LogP contribution is -2.45. The molecule has 34 heavy (non-hydrogen) atoms. The van der Waals surface area contributed by atoms with Crippen molar-refractivity contribution < 1.29 is 17.9 Å². The molecule has 0 aliphatic rings. The number of hydrogen-bond acceptors (Lipinski definition) is 4. The van der Waals surface area contributed by atoms with E-state index < -0.39 is 22.0 Å². The van der Waals surface area contributed by atoms with Crippen molar-refractivity contribution in [2.45, 2.75) is 37.1 Å². The number of amides is 1. The van der Waals surface area contributed by atoms with Crippen LogP contribution in [0.3, 0.4) is 0 Å². The summed E-state index contributed by atoms with van der Waals surface area (Å²) in [6, 6.07) is 17.7. The Labute approximate surface area is 210 Å². The summed E-state index contributed by atoms with van der Waals surface area (Å²) >= 11 is 12.0. The van der Waals surface area contributed by atoms with Gasteiger partial charge >= 0.3 is 0 Å². The highest BCUT2D eigenvalue weighted by Gasteiger charge is 2.29. The summed E-state index contributed by atoms with van der Waals surface area (Å²) in [6.45, 7) is 3.93. The second-order valence-corrected chi connectivity index (χ2v) is 10.5. The zero-order chi connectivity index (χ0) is 24.9. The minimum atomic E-state index is -4.11. The van der Waals surface area contributed by atoms with Crippen molar-refractivity contribution in [2.24, 2.45) is 0 Å². The van der Waals surface area contributed by atoms with Gasteiger partial charge in [0.1, 0.15) is 16.7 Å². The SMILES string of the molecule is COc1ccc(C(C)C)cc1S(=O)(=O)NC(Cc1ccccc1)C(=O)Nc1ccc(Cl)c(Cl)c1. The maximum Gasteiger partial charge on any atom is 0.245 e. The molecule has 0 aromatic heterocycles. The van der Waals surface area contributed by atoms with Crippen LogP contribution in [-0.2, 0) is 21.2 Å². The maximum atomic E-state index is 13.4. The molecule has 3 rings (SSSR count). The van der Waals surface area contributed by atoms with E-state index in [0.29, 0.717) is 10.7 Å². The van der Waals surface area contributed by atoms with Gasteiger partial charge in [-0.15, -0.1) is 0 Å². The lowest BCUT2D eigenvalue weighted by Gasteiger charge is -2.20. The highest BCUT2D eigenvalue weighted by molar-refractivity contribution is 7.89. The molecule has 6 nitrogen and oxygen atoms in total. The molecule has 0 aliphatic carbocycles. The van der Waals surface area contributed by atoms with Gasteiger partial charge in [-0.1, -0.05) is 73.4 Å². The molecule has 0 heterocycles. The summed E-state index contributed by atoms with van der Waals surface area (Å²) in [5.41, 5.74) is 2.03. The van der Waals surface area contributed by atoms with Gasteiger partial charge in [0.2, 0.25) is 15.9 Å². The number of nitrogens with one attached hydrogen (secondary N) is 2. The van der Waals surface area contributed by atoms with E-state index >= 15 is 0 Å². The Morgan fingerprint density at radius 1 is 0.971 bits per heavy atom. The molecule has 1 unspecified atom stereocenters. The van der Waals surface area contributed by atoms with Crippen molar-refractivity contribution in [1.29, 1.82) is 0 Å². The van der Waals surface area contributed by atoms with Crippen molar-refractivity contribution in [1.82, 2.24) is 4.72 Å². The fourth-order valence-electron chi connectivity index (χ4n) is 3.35. The number of rotatable bonds is 9. The molecule has 0 spiro atoms. The molecule has 0 fully saturated rings. The van der Waals surface area contributed by atoms with Gasteiger partial charge in [-0.3, -0.25) is 4.79 Å². The van der Waals surface area contributed by atoms with Crippen molar-refractivity contribution >= 4 is 44.8 Å². The molecule has 9 heteroatoms. The Bertz CT molecular complexity index is 1270. The van der Waals surface area contributed by atoms with Gasteiger partial charge in [-0.25, -0.2) is 8.42 Å². The van der Waals surface area contributed by atoms with Crippen LogP contribution in [0.4, 0.5) is 5.69 Å². The molecule has 1 amide bonds. The van der Waals surface area contributed by atoms with E-state index in [9.17, 15) is 13.2 Å². The van der Waals surface area contributed by atoms with Gasteiger partial charge < -0.3 is 10.1 Å². The Kier molecular flexibility index (Phi) is 8.60. The third-order valence-corrected chi connectivity index (χ3v) is 7.46. The number of hydrogen-bond donors (Lipinski definition) is 2. The third-order valence-electron chi connectivity index (χ3n) is 5.23. The highest BCUT2D eigenvalue weighted by Crippen LogP contribution is 2.29. The smallest absolute Gasteiger partial charge is 0.245 e. The van der Waals surface area contributed by atoms with E-state index in [-0.39, 0.29) is 28.0 Å². The fourth-order valence-corrected chi connectivity index (χ4v) is 5.05. The number of ether oxygens (including phenoxy) is 1. The van der Waals surface area contributed by atoms with E-state index in [0.717, 1.165) is 11.1 Å². The predicted octanol–water partition coefficient (Wildman–Crippen LogP) is 5.65. The minimum Gasteiger partial charge on any atom is -0.495 e. The van der Waals surface area contributed by atoms with Crippen LogP contribution in [0.15, 0.2) is 71.6 Å². The lowest BCUT2D eigenvalue weighted by molar-refractivity contribution is -0.117. The Hall–Kier alpha value is -2.58. The molecule has 2 N–H and O–H groups in total. The predicted molar refractivity (Wildman–Crippen MR) is 136 cm³/mol. The molecule has 0 saturated heterocycles. The topological polar surface area (TPSA) is 84.5 Å². The molecule has 0 aliphatic heterocycles. The van der Waals surface area contributed by atoms with Crippen LogP contribution >= 0.6 is 23.2 Å². The van der Waals surface area contributed by atoms with E-state index in [1.54, 1.807) is 24.3 Å². The van der Waals surface area contributed by atoms with E-state index in [1.165, 1.54) is 13.2 Å². The van der Waals surface area contributed by atoms with Crippen molar-refractivity contribution in [3.8, 4) is 5.75 Å². The van der Waals surface area contributed by atoms with Gasteiger partial charge in [-0.05, 0) is 53.8 Å². The van der Waals surface area contributed by atoms with Crippen LogP contribution in [0.2, 0.25) is 10.0 Å². The standard InChI is InChI=1S/C25H26Cl2N2O4S/c1-16(2)18-9-12-23(33-3)24(14-18)34(31,32)29-22(13-17-7-5-4-6-8-17)25(30)28-19-10-11-20(26)21(27)15-19/h4-12,14-16,22,29H,13H2,1-3H3,(H,28,30). The highest BCUT2D eigenvalue weighted by atomic mass is 35.5. The van der Waals surface area contributed by atoms with Crippen LogP contribution < -0.4 is 14.8 Å². The zero-order valence-electron chi connectivity index (χ0n) is 19.0. The second kappa shape index (κ2) is 11.2.